The number of benzene rings is 1. The normalized spacial score (nSPS) is 11.4. The van der Waals surface area contributed by atoms with Gasteiger partial charge in [-0.2, -0.15) is 8.42 Å². The molecule has 0 unspecified atom stereocenters. The smallest absolute Gasteiger partial charge is 0.340 e. The van der Waals surface area contributed by atoms with E-state index < -0.39 is 21.7 Å². The maximum absolute atomic E-state index is 13.9. The predicted octanol–water partition coefficient (Wildman–Crippen LogP) is 3.30. The van der Waals surface area contributed by atoms with Gasteiger partial charge in [-0.3, -0.25) is 4.72 Å². The number of pyridine rings is 2. The molecule has 12 heteroatoms. The van der Waals surface area contributed by atoms with Crippen molar-refractivity contribution in [2.75, 3.05) is 18.9 Å². The van der Waals surface area contributed by atoms with E-state index in [-0.39, 0.29) is 35.2 Å². The molecule has 0 aliphatic carbocycles. The zero-order valence-corrected chi connectivity index (χ0v) is 19.8. The van der Waals surface area contributed by atoms with Crippen molar-refractivity contribution in [2.45, 2.75) is 13.3 Å². The average Bonchev–Trinajstić information content (AvgIpc) is 2.83. The molecule has 1 aromatic carbocycles. The molecule has 3 aromatic heterocycles. The molecule has 0 bridgehead atoms. The molecular weight excluding hydrogens is 479 g/mol. The molecule has 0 aliphatic rings. The van der Waals surface area contributed by atoms with Crippen LogP contribution in [0.2, 0.25) is 0 Å². The van der Waals surface area contributed by atoms with E-state index in [9.17, 15) is 17.6 Å². The van der Waals surface area contributed by atoms with Crippen molar-refractivity contribution < 1.29 is 26.7 Å². The number of aryl methyl sites for hydroxylation is 1. The van der Waals surface area contributed by atoms with Crippen LogP contribution in [0.1, 0.15) is 16.7 Å². The highest BCUT2D eigenvalue weighted by molar-refractivity contribution is 7.90. The Morgan fingerprint density at radius 2 is 1.94 bits per heavy atom. The fraction of sp³-hybridized carbons (Fsp3) is 0.174. The number of aromatic nitrogens is 2. The van der Waals surface area contributed by atoms with Crippen molar-refractivity contribution in [3.8, 4) is 17.4 Å². The van der Waals surface area contributed by atoms with Gasteiger partial charge in [0.15, 0.2) is 17.4 Å². The van der Waals surface area contributed by atoms with E-state index in [4.69, 9.17) is 13.9 Å². The Hall–Kier alpha value is -4.03. The summed E-state index contributed by atoms with van der Waals surface area (Å²) in [5.74, 6) is -0.417. The van der Waals surface area contributed by atoms with Gasteiger partial charge < -0.3 is 13.9 Å². The molecular formula is C23H21FN4O6S. The first-order valence-electron chi connectivity index (χ1n) is 10.3. The number of halogens is 1. The van der Waals surface area contributed by atoms with Gasteiger partial charge in [0.05, 0.1) is 7.11 Å². The lowest BCUT2D eigenvalue weighted by atomic mass is 9.99. The number of hydrogen-bond acceptors (Lipinski definition) is 8. The maximum atomic E-state index is 13.9. The van der Waals surface area contributed by atoms with Crippen LogP contribution in [0, 0.1) is 12.7 Å². The highest BCUT2D eigenvalue weighted by Crippen LogP contribution is 2.31. The van der Waals surface area contributed by atoms with E-state index in [2.05, 4.69) is 19.4 Å². The first-order valence-corrected chi connectivity index (χ1v) is 11.8. The minimum atomic E-state index is -3.83. The van der Waals surface area contributed by atoms with E-state index in [0.717, 1.165) is 0 Å². The van der Waals surface area contributed by atoms with Crippen LogP contribution in [-0.4, -0.2) is 32.5 Å². The van der Waals surface area contributed by atoms with Crippen LogP contribution >= 0.6 is 0 Å². The Kier molecular flexibility index (Phi) is 6.67. The van der Waals surface area contributed by atoms with E-state index in [1.54, 1.807) is 25.1 Å². The van der Waals surface area contributed by atoms with Gasteiger partial charge in [-0.05, 0) is 42.8 Å². The number of ether oxygens (including phenoxy) is 2. The number of anilines is 1. The summed E-state index contributed by atoms with van der Waals surface area (Å²) in [7, 11) is -1.20. The van der Waals surface area contributed by atoms with Crippen LogP contribution in [0.4, 0.5) is 10.2 Å². The molecule has 0 aliphatic heterocycles. The molecule has 0 atom stereocenters. The summed E-state index contributed by atoms with van der Waals surface area (Å²) in [5.41, 5.74) is 1.20. The second kappa shape index (κ2) is 9.68. The molecule has 4 rings (SSSR count). The van der Waals surface area contributed by atoms with Crippen LogP contribution in [0.3, 0.4) is 0 Å². The number of fused-ring (bicyclic) bond motifs is 1. The van der Waals surface area contributed by atoms with Crippen LogP contribution in [-0.2, 0) is 16.6 Å². The summed E-state index contributed by atoms with van der Waals surface area (Å²) in [4.78, 5) is 20.8. The van der Waals surface area contributed by atoms with Crippen molar-refractivity contribution in [1.29, 1.82) is 0 Å². The van der Waals surface area contributed by atoms with E-state index in [0.29, 0.717) is 22.1 Å². The SMILES string of the molecule is CNS(=O)(=O)Nc1nccc(Cc2c(C)c3ccc(Oc4ncccc4F)cc3oc2=O)c1OC. The van der Waals surface area contributed by atoms with Crippen LogP contribution < -0.4 is 24.5 Å². The third-order valence-electron chi connectivity index (χ3n) is 5.26. The minimum Gasteiger partial charge on any atom is -0.493 e. The summed E-state index contributed by atoms with van der Waals surface area (Å²) in [6.07, 6.45) is 2.91. The number of methoxy groups -OCH3 is 1. The fourth-order valence-electron chi connectivity index (χ4n) is 3.50. The van der Waals surface area contributed by atoms with E-state index in [1.165, 1.54) is 44.8 Å². The molecule has 0 radical (unpaired) electrons. The van der Waals surface area contributed by atoms with E-state index >= 15 is 0 Å². The summed E-state index contributed by atoms with van der Waals surface area (Å²) >= 11 is 0. The second-order valence-electron chi connectivity index (χ2n) is 7.38. The minimum absolute atomic E-state index is 0.0225. The van der Waals surface area contributed by atoms with Gasteiger partial charge in [0.25, 0.3) is 16.1 Å². The van der Waals surface area contributed by atoms with Crippen LogP contribution in [0.5, 0.6) is 17.4 Å². The third-order valence-corrected chi connectivity index (χ3v) is 6.25. The van der Waals surface area contributed by atoms with Gasteiger partial charge in [0.2, 0.25) is 0 Å². The molecule has 0 saturated heterocycles. The van der Waals surface area contributed by atoms with Crippen molar-refractivity contribution in [3.05, 3.63) is 81.7 Å². The first-order chi connectivity index (χ1) is 16.7. The lowest BCUT2D eigenvalue weighted by Gasteiger charge is -2.15. The van der Waals surface area contributed by atoms with Gasteiger partial charge in [0.1, 0.15) is 11.3 Å². The first kappa shape index (κ1) is 24.1. The third kappa shape index (κ3) is 5.08. The molecule has 0 saturated carbocycles. The summed E-state index contributed by atoms with van der Waals surface area (Å²) < 4.78 is 58.5. The van der Waals surface area contributed by atoms with Gasteiger partial charge in [-0.25, -0.2) is 23.9 Å². The van der Waals surface area contributed by atoms with Crippen molar-refractivity contribution in [3.63, 3.8) is 0 Å². The molecule has 0 spiro atoms. The van der Waals surface area contributed by atoms with E-state index in [1.807, 2.05) is 0 Å². The molecule has 3 heterocycles. The Morgan fingerprint density at radius 1 is 1.14 bits per heavy atom. The summed E-state index contributed by atoms with van der Waals surface area (Å²) in [6, 6.07) is 9.09. The topological polar surface area (TPSA) is 133 Å². The van der Waals surface area contributed by atoms with Crippen LogP contribution in [0.25, 0.3) is 11.0 Å². The average molecular weight is 501 g/mol. The molecule has 2 N–H and O–H groups in total. The number of nitrogens with one attached hydrogen (secondary N) is 2. The standard InChI is InChI=1S/C23H21FN4O6S/c1-13-16-7-6-15(33-22-18(24)5-4-9-27-22)12-19(16)34-23(29)17(13)11-14-8-10-26-21(20(14)32-3)28-35(30,31)25-2/h4-10,12,25H,11H2,1-3H3,(H,26,28). The van der Waals surface area contributed by atoms with Gasteiger partial charge in [0, 0.05) is 48.4 Å². The van der Waals surface area contributed by atoms with Gasteiger partial charge in [-0.1, -0.05) is 0 Å². The zero-order valence-electron chi connectivity index (χ0n) is 19.0. The summed E-state index contributed by atoms with van der Waals surface area (Å²) in [5, 5.41) is 0.651. The number of hydrogen-bond donors (Lipinski definition) is 2. The lowest BCUT2D eigenvalue weighted by molar-refractivity contribution is 0.410. The quantitative estimate of drug-likeness (QED) is 0.352. The van der Waals surface area contributed by atoms with Gasteiger partial charge in [-0.15, -0.1) is 0 Å². The maximum Gasteiger partial charge on any atom is 0.340 e. The monoisotopic (exact) mass is 500 g/mol. The summed E-state index contributed by atoms with van der Waals surface area (Å²) in [6.45, 7) is 1.77. The number of nitrogens with zero attached hydrogens (tertiary/aromatic N) is 2. The van der Waals surface area contributed by atoms with Crippen molar-refractivity contribution in [2.24, 2.45) is 0 Å². The largest absolute Gasteiger partial charge is 0.493 e. The fourth-order valence-corrected chi connectivity index (χ4v) is 4.00. The Bertz CT molecular complexity index is 1570. The molecule has 35 heavy (non-hydrogen) atoms. The van der Waals surface area contributed by atoms with Crippen LogP contribution in [0.15, 0.2) is 58.0 Å². The lowest BCUT2D eigenvalue weighted by Crippen LogP contribution is -2.27. The highest BCUT2D eigenvalue weighted by atomic mass is 32.2. The molecule has 0 fully saturated rings. The molecule has 0 amide bonds. The number of rotatable bonds is 8. The Balaban J connectivity index is 1.71. The Labute approximate surface area is 199 Å². The van der Waals surface area contributed by atoms with Crippen molar-refractivity contribution in [1.82, 2.24) is 14.7 Å². The molecule has 4 aromatic rings. The molecule has 182 valence electrons. The highest BCUT2D eigenvalue weighted by Gasteiger charge is 2.19. The predicted molar refractivity (Wildman–Crippen MR) is 127 cm³/mol. The van der Waals surface area contributed by atoms with Crippen molar-refractivity contribution >= 4 is 27.0 Å². The zero-order chi connectivity index (χ0) is 25.2. The Morgan fingerprint density at radius 3 is 2.66 bits per heavy atom. The second-order valence-corrected chi connectivity index (χ2v) is 9.00. The van der Waals surface area contributed by atoms with Gasteiger partial charge >= 0.3 is 5.63 Å². The molecule has 10 nitrogen and oxygen atoms in total.